The van der Waals surface area contributed by atoms with E-state index in [0.29, 0.717) is 17.0 Å². The van der Waals surface area contributed by atoms with Crippen molar-refractivity contribution >= 4 is 23.2 Å². The van der Waals surface area contributed by atoms with Crippen LogP contribution in [0.3, 0.4) is 0 Å². The molecule has 0 radical (unpaired) electrons. The normalized spacial score (nSPS) is 20.7. The molecule has 2 aromatic heterocycles. The first-order chi connectivity index (χ1) is 13.8. The molecule has 1 aliphatic heterocycles. The summed E-state index contributed by atoms with van der Waals surface area (Å²) in [5.41, 5.74) is 1.61. The topological polar surface area (TPSA) is 72.0 Å². The van der Waals surface area contributed by atoms with Crippen molar-refractivity contribution in [3.8, 4) is 11.3 Å². The molecule has 0 bridgehead atoms. The third-order valence-corrected chi connectivity index (χ3v) is 5.85. The van der Waals surface area contributed by atoms with Crippen molar-refractivity contribution in [3.63, 3.8) is 0 Å². The van der Waals surface area contributed by atoms with Crippen molar-refractivity contribution in [2.24, 2.45) is 5.92 Å². The van der Waals surface area contributed by atoms with E-state index in [2.05, 4.69) is 20.6 Å². The lowest BCUT2D eigenvalue weighted by molar-refractivity contribution is 0.0595. The highest BCUT2D eigenvalue weighted by Crippen LogP contribution is 2.29. The van der Waals surface area contributed by atoms with Gasteiger partial charge >= 0.3 is 0 Å². The number of anilines is 2. The number of aromatic nitrogens is 3. The summed E-state index contributed by atoms with van der Waals surface area (Å²) in [6.45, 7) is 2.53. The van der Waals surface area contributed by atoms with Crippen LogP contribution in [0.25, 0.3) is 11.3 Å². The molecule has 4 rings (SSSR count). The zero-order valence-corrected chi connectivity index (χ0v) is 16.9. The maximum atomic E-state index is 6.43. The van der Waals surface area contributed by atoms with Gasteiger partial charge in [-0.3, -0.25) is 4.98 Å². The van der Waals surface area contributed by atoms with Crippen LogP contribution in [0.15, 0.2) is 24.7 Å². The molecule has 2 aromatic rings. The number of hydrogen-bond donors (Lipinski definition) is 2. The predicted octanol–water partition coefficient (Wildman–Crippen LogP) is 4.78. The highest BCUT2D eigenvalue weighted by atomic mass is 35.5. The highest BCUT2D eigenvalue weighted by molar-refractivity contribution is 6.33. The quantitative estimate of drug-likeness (QED) is 0.726. The van der Waals surface area contributed by atoms with Gasteiger partial charge in [0.2, 0.25) is 0 Å². The van der Waals surface area contributed by atoms with Gasteiger partial charge in [0.1, 0.15) is 11.6 Å². The standard InChI is InChI=1S/C21H28ClN5O/c22-18-11-25-20(26-16-6-2-1-3-7-16)9-17(18)19-12-23-13-21(27-19)24-10-15-5-4-8-28-14-15/h9,11-13,15-16H,1-8,10,14H2,(H,24,27)(H,25,26)/t15-/m0/s1. The molecule has 0 spiro atoms. The number of hydrogen-bond acceptors (Lipinski definition) is 6. The van der Waals surface area contributed by atoms with E-state index < -0.39 is 0 Å². The van der Waals surface area contributed by atoms with Gasteiger partial charge in [-0.15, -0.1) is 0 Å². The van der Waals surface area contributed by atoms with Crippen LogP contribution in [-0.2, 0) is 4.74 Å². The van der Waals surface area contributed by atoms with Crippen molar-refractivity contribution < 1.29 is 4.74 Å². The highest BCUT2D eigenvalue weighted by Gasteiger charge is 2.16. The van der Waals surface area contributed by atoms with Crippen LogP contribution in [0.5, 0.6) is 0 Å². The summed E-state index contributed by atoms with van der Waals surface area (Å²) in [4.78, 5) is 13.5. The van der Waals surface area contributed by atoms with Gasteiger partial charge in [-0.25, -0.2) is 9.97 Å². The van der Waals surface area contributed by atoms with Crippen LogP contribution in [0, 0.1) is 5.92 Å². The summed E-state index contributed by atoms with van der Waals surface area (Å²) in [5.74, 6) is 2.14. The fourth-order valence-electron chi connectivity index (χ4n) is 3.97. The summed E-state index contributed by atoms with van der Waals surface area (Å²) >= 11 is 6.43. The molecule has 0 aromatic carbocycles. The second-order valence-corrected chi connectivity index (χ2v) is 8.19. The molecule has 6 nitrogen and oxygen atoms in total. The molecular formula is C21H28ClN5O. The van der Waals surface area contributed by atoms with E-state index >= 15 is 0 Å². The Hall–Kier alpha value is -1.92. The van der Waals surface area contributed by atoms with E-state index in [1.807, 2.05) is 6.07 Å². The summed E-state index contributed by atoms with van der Waals surface area (Å²) < 4.78 is 5.55. The SMILES string of the molecule is Clc1cnc(NC2CCCCC2)cc1-c1cncc(NC[C@@H]2CCCOC2)n1. The molecule has 2 N–H and O–H groups in total. The van der Waals surface area contributed by atoms with Crippen molar-refractivity contribution in [2.75, 3.05) is 30.4 Å². The molecule has 7 heteroatoms. The molecule has 1 saturated heterocycles. The Kier molecular flexibility index (Phi) is 6.60. The van der Waals surface area contributed by atoms with E-state index in [-0.39, 0.29) is 0 Å². The first kappa shape index (κ1) is 19.4. The number of pyridine rings is 1. The number of nitrogens with zero attached hydrogens (tertiary/aromatic N) is 3. The zero-order chi connectivity index (χ0) is 19.2. The molecule has 28 heavy (non-hydrogen) atoms. The zero-order valence-electron chi connectivity index (χ0n) is 16.2. The molecular weight excluding hydrogens is 374 g/mol. The number of rotatable bonds is 6. The molecule has 2 aliphatic rings. The van der Waals surface area contributed by atoms with E-state index in [1.54, 1.807) is 18.6 Å². The number of ether oxygens (including phenoxy) is 1. The second kappa shape index (κ2) is 9.52. The molecule has 1 aliphatic carbocycles. The van der Waals surface area contributed by atoms with Gasteiger partial charge < -0.3 is 15.4 Å². The van der Waals surface area contributed by atoms with Gasteiger partial charge in [0.05, 0.1) is 29.7 Å². The van der Waals surface area contributed by atoms with Crippen molar-refractivity contribution in [1.82, 2.24) is 15.0 Å². The average Bonchev–Trinajstić information content (AvgIpc) is 2.75. The lowest BCUT2D eigenvalue weighted by Crippen LogP contribution is -2.24. The smallest absolute Gasteiger partial charge is 0.145 e. The van der Waals surface area contributed by atoms with Crippen LogP contribution < -0.4 is 10.6 Å². The third-order valence-electron chi connectivity index (χ3n) is 5.55. The van der Waals surface area contributed by atoms with E-state index in [9.17, 15) is 0 Å². The van der Waals surface area contributed by atoms with E-state index in [4.69, 9.17) is 21.3 Å². The summed E-state index contributed by atoms with van der Waals surface area (Å²) in [6.07, 6.45) is 13.8. The van der Waals surface area contributed by atoms with Crippen molar-refractivity contribution in [1.29, 1.82) is 0 Å². The predicted molar refractivity (Wildman–Crippen MR) is 113 cm³/mol. The lowest BCUT2D eigenvalue weighted by Gasteiger charge is -2.23. The molecule has 3 heterocycles. The average molecular weight is 402 g/mol. The lowest BCUT2D eigenvalue weighted by atomic mass is 9.95. The largest absolute Gasteiger partial charge is 0.381 e. The van der Waals surface area contributed by atoms with Crippen LogP contribution in [0.2, 0.25) is 5.02 Å². The van der Waals surface area contributed by atoms with Crippen molar-refractivity contribution in [2.45, 2.75) is 51.0 Å². The van der Waals surface area contributed by atoms with Crippen LogP contribution >= 0.6 is 11.6 Å². The van der Waals surface area contributed by atoms with Crippen LogP contribution in [0.4, 0.5) is 11.6 Å². The Labute approximate surface area is 171 Å². The molecule has 2 fully saturated rings. The maximum absolute atomic E-state index is 6.43. The second-order valence-electron chi connectivity index (χ2n) is 7.78. The minimum atomic E-state index is 0.493. The molecule has 150 valence electrons. The van der Waals surface area contributed by atoms with E-state index in [1.165, 1.54) is 38.5 Å². The van der Waals surface area contributed by atoms with Gasteiger partial charge in [0.15, 0.2) is 0 Å². The van der Waals surface area contributed by atoms with E-state index in [0.717, 1.165) is 49.1 Å². The molecule has 0 amide bonds. The Morgan fingerprint density at radius 2 is 1.93 bits per heavy atom. The summed E-state index contributed by atoms with van der Waals surface area (Å²) in [7, 11) is 0. The minimum Gasteiger partial charge on any atom is -0.381 e. The Balaban J connectivity index is 1.45. The van der Waals surface area contributed by atoms with Gasteiger partial charge in [-0.05, 0) is 37.7 Å². The van der Waals surface area contributed by atoms with Gasteiger partial charge in [0, 0.05) is 31.0 Å². The first-order valence-electron chi connectivity index (χ1n) is 10.3. The van der Waals surface area contributed by atoms with Gasteiger partial charge in [0.25, 0.3) is 0 Å². The van der Waals surface area contributed by atoms with Crippen LogP contribution in [0.1, 0.15) is 44.9 Å². The summed E-state index contributed by atoms with van der Waals surface area (Å²) in [6, 6.07) is 2.48. The molecule has 1 atom stereocenters. The van der Waals surface area contributed by atoms with Gasteiger partial charge in [-0.2, -0.15) is 0 Å². The third kappa shape index (κ3) is 5.11. The number of halogens is 1. The number of nitrogens with one attached hydrogen (secondary N) is 2. The van der Waals surface area contributed by atoms with Crippen molar-refractivity contribution in [3.05, 3.63) is 29.7 Å². The monoisotopic (exact) mass is 401 g/mol. The molecule has 0 unspecified atom stereocenters. The van der Waals surface area contributed by atoms with Crippen LogP contribution in [-0.4, -0.2) is 40.8 Å². The Morgan fingerprint density at radius 3 is 2.75 bits per heavy atom. The van der Waals surface area contributed by atoms with Gasteiger partial charge in [-0.1, -0.05) is 30.9 Å². The fourth-order valence-corrected chi connectivity index (χ4v) is 4.17. The first-order valence-corrected chi connectivity index (χ1v) is 10.7. The maximum Gasteiger partial charge on any atom is 0.145 e. The Bertz CT molecular complexity index is 775. The molecule has 1 saturated carbocycles. The minimum absolute atomic E-state index is 0.493. The Morgan fingerprint density at radius 1 is 1.04 bits per heavy atom. The fraction of sp³-hybridized carbons (Fsp3) is 0.571. The summed E-state index contributed by atoms with van der Waals surface area (Å²) in [5, 5.41) is 7.53.